The molecule has 4 aromatic rings. The van der Waals surface area contributed by atoms with E-state index in [-0.39, 0.29) is 0 Å². The summed E-state index contributed by atoms with van der Waals surface area (Å²) >= 11 is 0. The number of aromatic nitrogens is 3. The van der Waals surface area contributed by atoms with Crippen molar-refractivity contribution < 1.29 is 0 Å². The Balaban J connectivity index is 1.49. The van der Waals surface area contributed by atoms with E-state index in [4.69, 9.17) is 9.76 Å². The van der Waals surface area contributed by atoms with Crippen LogP contribution in [-0.4, -0.2) is 20.7 Å². The van der Waals surface area contributed by atoms with Crippen molar-refractivity contribution in [1.29, 1.82) is 4.78 Å². The van der Waals surface area contributed by atoms with Crippen LogP contribution in [0.4, 0.5) is 11.6 Å². The van der Waals surface area contributed by atoms with Crippen molar-refractivity contribution in [2.24, 2.45) is 0 Å². The lowest BCUT2D eigenvalue weighted by atomic mass is 10.1. The van der Waals surface area contributed by atoms with E-state index < -0.39 is 10.7 Å². The van der Waals surface area contributed by atoms with Gasteiger partial charge in [-0.1, -0.05) is 28.9 Å². The van der Waals surface area contributed by atoms with Crippen molar-refractivity contribution >= 4 is 33.2 Å². The summed E-state index contributed by atoms with van der Waals surface area (Å²) in [5, 5.41) is 4.47. The van der Waals surface area contributed by atoms with Gasteiger partial charge in [0.15, 0.2) is 0 Å². The lowest BCUT2D eigenvalue weighted by Gasteiger charge is -2.18. The van der Waals surface area contributed by atoms with Gasteiger partial charge in [0, 0.05) is 45.2 Å². The smallest absolute Gasteiger partial charge is 0.227 e. The standard InChI is InChI=1S/C21H19N5S/c22-27-12-2-3-14-6-7-15(13-20(14)27)25-21-24-11-9-19(26-21)16-4-1-5-18-17(16)8-10-23-18/h1,4-11,13,22-23H,2-3,12H2,(H,24,25,26). The van der Waals surface area contributed by atoms with E-state index in [9.17, 15) is 0 Å². The number of benzene rings is 2. The third kappa shape index (κ3) is 3.02. The van der Waals surface area contributed by atoms with Gasteiger partial charge in [-0.2, -0.15) is 0 Å². The molecule has 1 atom stereocenters. The normalized spacial score (nSPS) is 16.2. The average molecular weight is 373 g/mol. The predicted octanol–water partition coefficient (Wildman–Crippen LogP) is 5.05. The van der Waals surface area contributed by atoms with E-state index >= 15 is 0 Å². The summed E-state index contributed by atoms with van der Waals surface area (Å²) in [5.41, 5.74) is 5.31. The van der Waals surface area contributed by atoms with E-state index in [2.05, 4.69) is 51.7 Å². The Morgan fingerprint density at radius 3 is 3.04 bits per heavy atom. The van der Waals surface area contributed by atoms with Gasteiger partial charge in [0.25, 0.3) is 0 Å². The van der Waals surface area contributed by atoms with E-state index in [1.54, 1.807) is 6.20 Å². The molecular formula is C21H19N5S. The molecular weight excluding hydrogens is 354 g/mol. The number of aromatic amines is 1. The molecule has 27 heavy (non-hydrogen) atoms. The number of rotatable bonds is 3. The molecule has 0 amide bonds. The fraction of sp³-hybridized carbons (Fsp3) is 0.143. The van der Waals surface area contributed by atoms with Gasteiger partial charge in [0.05, 0.1) is 5.69 Å². The number of hydrogen-bond acceptors (Lipinski definition) is 4. The summed E-state index contributed by atoms with van der Waals surface area (Å²) in [7, 11) is -0.413. The first-order chi connectivity index (χ1) is 13.3. The summed E-state index contributed by atoms with van der Waals surface area (Å²) in [4.78, 5) is 13.5. The molecule has 2 aromatic carbocycles. The Kier molecular flexibility index (Phi) is 3.98. The largest absolute Gasteiger partial charge is 0.361 e. The highest BCUT2D eigenvalue weighted by molar-refractivity contribution is 7.86. The topological polar surface area (TPSA) is 77.5 Å². The molecule has 2 aromatic heterocycles. The Morgan fingerprint density at radius 1 is 1.11 bits per heavy atom. The number of aryl methyl sites for hydroxylation is 1. The summed E-state index contributed by atoms with van der Waals surface area (Å²) in [6.45, 7) is 0. The molecule has 5 rings (SSSR count). The number of nitrogens with zero attached hydrogens (tertiary/aromatic N) is 2. The third-order valence-corrected chi connectivity index (χ3v) is 6.52. The van der Waals surface area contributed by atoms with Crippen LogP contribution < -0.4 is 5.32 Å². The van der Waals surface area contributed by atoms with Crippen molar-refractivity contribution in [2.75, 3.05) is 11.1 Å². The number of fused-ring (bicyclic) bond motifs is 2. The molecule has 1 aliphatic heterocycles. The van der Waals surface area contributed by atoms with Crippen LogP contribution in [0.2, 0.25) is 0 Å². The number of anilines is 2. The second kappa shape index (κ2) is 6.63. The molecule has 0 saturated carbocycles. The zero-order valence-corrected chi connectivity index (χ0v) is 15.5. The highest BCUT2D eigenvalue weighted by atomic mass is 32.2. The van der Waals surface area contributed by atoms with E-state index in [1.807, 2.05) is 18.3 Å². The number of nitrogens with one attached hydrogen (secondary N) is 3. The molecule has 3 N–H and O–H groups in total. The fourth-order valence-corrected chi connectivity index (χ4v) is 5.00. The molecule has 5 nitrogen and oxygen atoms in total. The maximum absolute atomic E-state index is 8.30. The third-order valence-electron chi connectivity index (χ3n) is 4.91. The minimum absolute atomic E-state index is 0.413. The molecule has 1 unspecified atom stereocenters. The van der Waals surface area contributed by atoms with Crippen LogP contribution in [0, 0.1) is 4.78 Å². The monoisotopic (exact) mass is 373 g/mol. The first kappa shape index (κ1) is 16.2. The first-order valence-corrected chi connectivity index (χ1v) is 10.4. The Labute approximate surface area is 159 Å². The zero-order chi connectivity index (χ0) is 18.2. The molecule has 0 bridgehead atoms. The average Bonchev–Trinajstić information content (AvgIpc) is 3.18. The Morgan fingerprint density at radius 2 is 2.07 bits per heavy atom. The highest BCUT2D eigenvalue weighted by Crippen LogP contribution is 2.29. The van der Waals surface area contributed by atoms with Crippen LogP contribution in [0.3, 0.4) is 0 Å². The molecule has 1 aliphatic rings. The van der Waals surface area contributed by atoms with Crippen molar-refractivity contribution in [2.45, 2.75) is 17.7 Å². The quantitative estimate of drug-likeness (QED) is 0.470. The van der Waals surface area contributed by atoms with Crippen LogP contribution in [0.5, 0.6) is 0 Å². The maximum Gasteiger partial charge on any atom is 0.227 e. The molecule has 0 saturated heterocycles. The van der Waals surface area contributed by atoms with Crippen molar-refractivity contribution in [1.82, 2.24) is 15.0 Å². The molecule has 3 heterocycles. The molecule has 0 aliphatic carbocycles. The Bertz CT molecular complexity index is 1160. The van der Waals surface area contributed by atoms with Crippen LogP contribution in [-0.2, 0) is 17.1 Å². The van der Waals surface area contributed by atoms with Gasteiger partial charge in [0.1, 0.15) is 0 Å². The van der Waals surface area contributed by atoms with Crippen molar-refractivity contribution in [3.05, 3.63) is 66.5 Å². The van der Waals surface area contributed by atoms with E-state index in [1.165, 1.54) is 5.56 Å². The van der Waals surface area contributed by atoms with E-state index in [0.29, 0.717) is 5.95 Å². The van der Waals surface area contributed by atoms with Crippen LogP contribution in [0.25, 0.3) is 22.2 Å². The highest BCUT2D eigenvalue weighted by Gasteiger charge is 2.14. The SMILES string of the molecule is N=S1CCCc2ccc(Nc3nccc(-c4cccc5[nH]ccc45)n3)cc21. The summed E-state index contributed by atoms with van der Waals surface area (Å²) in [5.74, 6) is 1.53. The molecule has 134 valence electrons. The second-order valence-corrected chi connectivity index (χ2v) is 8.29. The summed E-state index contributed by atoms with van der Waals surface area (Å²) in [6, 6.07) is 16.5. The van der Waals surface area contributed by atoms with Crippen molar-refractivity contribution in [3.63, 3.8) is 0 Å². The number of hydrogen-bond donors (Lipinski definition) is 3. The summed E-state index contributed by atoms with van der Waals surface area (Å²) < 4.78 is 8.30. The lowest BCUT2D eigenvalue weighted by molar-refractivity contribution is 0.883. The van der Waals surface area contributed by atoms with Gasteiger partial charge in [-0.05, 0) is 48.7 Å². The van der Waals surface area contributed by atoms with Gasteiger partial charge in [-0.25, -0.2) is 9.97 Å². The lowest BCUT2D eigenvalue weighted by Crippen LogP contribution is -2.09. The fourth-order valence-electron chi connectivity index (χ4n) is 3.59. The van der Waals surface area contributed by atoms with Crippen LogP contribution in [0.15, 0.2) is 65.8 Å². The van der Waals surface area contributed by atoms with E-state index in [0.717, 1.165) is 51.3 Å². The van der Waals surface area contributed by atoms with Crippen LogP contribution >= 0.6 is 0 Å². The van der Waals surface area contributed by atoms with Gasteiger partial charge >= 0.3 is 0 Å². The van der Waals surface area contributed by atoms with Gasteiger partial charge in [-0.3, -0.25) is 4.78 Å². The molecule has 6 heteroatoms. The van der Waals surface area contributed by atoms with Crippen LogP contribution in [0.1, 0.15) is 12.0 Å². The van der Waals surface area contributed by atoms with Gasteiger partial charge < -0.3 is 10.3 Å². The Hall–Kier alpha value is -2.99. The van der Waals surface area contributed by atoms with Crippen molar-refractivity contribution in [3.8, 4) is 11.3 Å². The summed E-state index contributed by atoms with van der Waals surface area (Å²) in [6.07, 6.45) is 5.91. The second-order valence-electron chi connectivity index (χ2n) is 6.66. The predicted molar refractivity (Wildman–Crippen MR) is 111 cm³/mol. The minimum atomic E-state index is -0.413. The number of H-pyrrole nitrogens is 1. The van der Waals surface area contributed by atoms with Gasteiger partial charge in [0.2, 0.25) is 5.95 Å². The molecule has 0 radical (unpaired) electrons. The van der Waals surface area contributed by atoms with Gasteiger partial charge in [-0.15, -0.1) is 0 Å². The maximum atomic E-state index is 8.30. The molecule has 0 fully saturated rings. The molecule has 0 spiro atoms. The zero-order valence-electron chi connectivity index (χ0n) is 14.7. The minimum Gasteiger partial charge on any atom is -0.361 e. The first-order valence-electron chi connectivity index (χ1n) is 8.99.